The van der Waals surface area contributed by atoms with Gasteiger partial charge in [0.05, 0.1) is 0 Å². The van der Waals surface area contributed by atoms with Crippen molar-refractivity contribution in [1.29, 1.82) is 0 Å². The first-order valence-corrected chi connectivity index (χ1v) is 3.29. The van der Waals surface area contributed by atoms with Crippen molar-refractivity contribution in [3.05, 3.63) is 0 Å². The Morgan fingerprint density at radius 3 is 1.86 bits per heavy atom. The summed E-state index contributed by atoms with van der Waals surface area (Å²) < 4.78 is 4.97. The molecule has 0 unspecified atom stereocenters. The minimum absolute atomic E-state index is 0. The molecule has 1 rings (SSSR count). The van der Waals surface area contributed by atoms with Crippen LogP contribution >= 0.6 is 49.6 Å². The molecule has 0 atom stereocenters. The molecular weight excluding hydrogens is 274 g/mol. The molecule has 90 valence electrons. The number of hydrogen-bond acceptors (Lipinski definition) is 3. The van der Waals surface area contributed by atoms with Gasteiger partial charge < -0.3 is 15.0 Å². The Morgan fingerprint density at radius 1 is 1.21 bits per heavy atom. The summed E-state index contributed by atoms with van der Waals surface area (Å²) in [6.45, 7) is 1.58. The van der Waals surface area contributed by atoms with Crippen LogP contribution in [0.5, 0.6) is 0 Å². The summed E-state index contributed by atoms with van der Waals surface area (Å²) in [6.07, 6.45) is -0.165. The molecule has 8 heteroatoms. The molecule has 0 bridgehead atoms. The van der Waals surface area contributed by atoms with Crippen LogP contribution in [0.25, 0.3) is 0 Å². The summed E-state index contributed by atoms with van der Waals surface area (Å²) in [5, 5.41) is 3.01. The van der Waals surface area contributed by atoms with E-state index in [0.717, 1.165) is 13.1 Å². The van der Waals surface area contributed by atoms with Gasteiger partial charge in [0.15, 0.2) is 0 Å². The monoisotopic (exact) mass is 288 g/mol. The Hall–Kier alpha value is 0.390. The van der Waals surface area contributed by atoms with Crippen molar-refractivity contribution < 1.29 is 9.53 Å². The predicted octanol–water partition coefficient (Wildman–Crippen LogP) is 1.34. The number of amides is 1. The molecule has 1 saturated heterocycles. The highest BCUT2D eigenvalue weighted by Gasteiger charge is 2.21. The van der Waals surface area contributed by atoms with Crippen molar-refractivity contribution in [3.8, 4) is 0 Å². The highest BCUT2D eigenvalue weighted by atomic mass is 35.5. The lowest BCUT2D eigenvalue weighted by Gasteiger charge is -2.27. The largest absolute Gasteiger partial charge is 0.443 e. The number of rotatable bonds is 1. The molecule has 0 saturated carbocycles. The first kappa shape index (κ1) is 23.9. The highest BCUT2D eigenvalue weighted by molar-refractivity contribution is 5.86. The van der Waals surface area contributed by atoms with Gasteiger partial charge in [-0.15, -0.1) is 49.6 Å². The number of hydrogen-bond donors (Lipinski definition) is 1. The zero-order chi connectivity index (χ0) is 7.56. The lowest BCUT2D eigenvalue weighted by molar-refractivity contribution is 0.0485. The van der Waals surface area contributed by atoms with Gasteiger partial charge in [-0.05, 0) is 0 Å². The molecule has 0 spiro atoms. The number of carbonyl (C=O) groups excluding carboxylic acids is 1. The zero-order valence-corrected chi connectivity index (χ0v) is 11.2. The third-order valence-corrected chi connectivity index (χ3v) is 1.38. The summed E-state index contributed by atoms with van der Waals surface area (Å²) in [4.78, 5) is 12.3. The van der Waals surface area contributed by atoms with E-state index in [1.165, 1.54) is 4.90 Å². The van der Waals surface area contributed by atoms with E-state index in [0.29, 0.717) is 0 Å². The second-order valence-electron chi connectivity index (χ2n) is 2.56. The quantitative estimate of drug-likeness (QED) is 0.792. The fourth-order valence-electron chi connectivity index (χ4n) is 0.594. The Kier molecular flexibility index (Phi) is 19.6. The van der Waals surface area contributed by atoms with Gasteiger partial charge in [-0.25, -0.2) is 4.79 Å². The van der Waals surface area contributed by atoms with E-state index in [4.69, 9.17) is 4.74 Å². The molecule has 1 amide bonds. The third-order valence-electron chi connectivity index (χ3n) is 1.38. The van der Waals surface area contributed by atoms with E-state index in [-0.39, 0.29) is 61.8 Å². The maximum Gasteiger partial charge on any atom is 0.409 e. The Bertz CT molecular complexity index is 144. The van der Waals surface area contributed by atoms with Gasteiger partial charge >= 0.3 is 6.09 Å². The zero-order valence-electron chi connectivity index (χ0n) is 7.89. The van der Waals surface area contributed by atoms with Crippen LogP contribution in [0.15, 0.2) is 0 Å². The number of nitrogens with one attached hydrogen (secondary N) is 1. The molecule has 0 aromatic heterocycles. The van der Waals surface area contributed by atoms with Crippen molar-refractivity contribution in [2.75, 3.05) is 27.2 Å². The molecule has 14 heavy (non-hydrogen) atoms. The normalized spacial score (nSPS) is 12.7. The van der Waals surface area contributed by atoms with Crippen LogP contribution in [0.4, 0.5) is 4.79 Å². The van der Waals surface area contributed by atoms with E-state index in [1.807, 2.05) is 0 Å². The van der Waals surface area contributed by atoms with Gasteiger partial charge in [-0.3, -0.25) is 0 Å². The molecule has 1 aliphatic heterocycles. The number of carbonyl (C=O) groups is 1. The summed E-state index contributed by atoms with van der Waals surface area (Å²) >= 11 is 0. The smallest absolute Gasteiger partial charge is 0.409 e. The maximum absolute atomic E-state index is 10.8. The van der Waals surface area contributed by atoms with Crippen molar-refractivity contribution in [2.45, 2.75) is 6.10 Å². The SMILES string of the molecule is CN(C)C(=O)OC1CNC1.Cl.Cl.Cl.Cl. The van der Waals surface area contributed by atoms with Gasteiger partial charge in [0.1, 0.15) is 6.10 Å². The Labute approximate surface area is 109 Å². The van der Waals surface area contributed by atoms with Gasteiger partial charge in [0, 0.05) is 27.2 Å². The molecule has 0 aliphatic carbocycles. The highest BCUT2D eigenvalue weighted by Crippen LogP contribution is 1.99. The summed E-state index contributed by atoms with van der Waals surface area (Å²) in [5.74, 6) is 0. The van der Waals surface area contributed by atoms with Gasteiger partial charge in [0.25, 0.3) is 0 Å². The molecule has 1 heterocycles. The number of halogens is 4. The summed E-state index contributed by atoms with van der Waals surface area (Å²) in [5.41, 5.74) is 0. The van der Waals surface area contributed by atoms with Gasteiger partial charge in [-0.1, -0.05) is 0 Å². The lowest BCUT2D eigenvalue weighted by Crippen LogP contribution is -2.50. The van der Waals surface area contributed by atoms with E-state index in [2.05, 4.69) is 5.32 Å². The average molecular weight is 290 g/mol. The average Bonchev–Trinajstić information content (AvgIpc) is 1.77. The van der Waals surface area contributed by atoms with Crippen LogP contribution in [0.1, 0.15) is 0 Å². The molecular formula is C6H16Cl4N2O2. The van der Waals surface area contributed by atoms with Crippen LogP contribution in [0.2, 0.25) is 0 Å². The lowest BCUT2D eigenvalue weighted by atomic mass is 10.2. The second-order valence-corrected chi connectivity index (χ2v) is 2.56. The summed E-state index contributed by atoms with van der Waals surface area (Å²) in [7, 11) is 3.35. The topological polar surface area (TPSA) is 41.6 Å². The maximum atomic E-state index is 10.8. The summed E-state index contributed by atoms with van der Waals surface area (Å²) in [6, 6.07) is 0. The molecule has 1 aliphatic rings. The second kappa shape index (κ2) is 11.5. The first-order chi connectivity index (χ1) is 4.70. The van der Waals surface area contributed by atoms with Crippen LogP contribution < -0.4 is 5.32 Å². The molecule has 0 radical (unpaired) electrons. The molecule has 1 N–H and O–H groups in total. The predicted molar refractivity (Wildman–Crippen MR) is 65.8 cm³/mol. The van der Waals surface area contributed by atoms with E-state index < -0.39 is 0 Å². The Morgan fingerprint density at radius 2 is 1.64 bits per heavy atom. The van der Waals surface area contributed by atoms with Crippen LogP contribution in [-0.2, 0) is 4.74 Å². The van der Waals surface area contributed by atoms with Crippen molar-refractivity contribution in [3.63, 3.8) is 0 Å². The van der Waals surface area contributed by atoms with E-state index in [1.54, 1.807) is 14.1 Å². The number of ether oxygens (including phenoxy) is 1. The van der Waals surface area contributed by atoms with Gasteiger partial charge in [-0.2, -0.15) is 0 Å². The molecule has 1 fully saturated rings. The number of nitrogens with zero attached hydrogens (tertiary/aromatic N) is 1. The van der Waals surface area contributed by atoms with Crippen molar-refractivity contribution in [2.24, 2.45) is 0 Å². The molecule has 0 aromatic rings. The van der Waals surface area contributed by atoms with E-state index >= 15 is 0 Å². The van der Waals surface area contributed by atoms with Crippen molar-refractivity contribution >= 4 is 55.7 Å². The first-order valence-electron chi connectivity index (χ1n) is 3.29. The third kappa shape index (κ3) is 7.76. The molecule has 0 aromatic carbocycles. The van der Waals surface area contributed by atoms with Crippen LogP contribution in [-0.4, -0.2) is 44.3 Å². The minimum Gasteiger partial charge on any atom is -0.443 e. The Balaban J connectivity index is -0.000000125. The van der Waals surface area contributed by atoms with E-state index in [9.17, 15) is 4.79 Å². The fourth-order valence-corrected chi connectivity index (χ4v) is 0.594. The van der Waals surface area contributed by atoms with Gasteiger partial charge in [0.2, 0.25) is 0 Å². The molecule has 4 nitrogen and oxygen atoms in total. The van der Waals surface area contributed by atoms with Crippen LogP contribution in [0, 0.1) is 0 Å². The fraction of sp³-hybridized carbons (Fsp3) is 0.833. The minimum atomic E-state index is -0.258. The standard InChI is InChI=1S/C6H12N2O2.4ClH/c1-8(2)6(9)10-5-3-7-4-5;;;;/h5,7H,3-4H2,1-2H3;4*1H. The van der Waals surface area contributed by atoms with Crippen LogP contribution in [0.3, 0.4) is 0 Å². The van der Waals surface area contributed by atoms with Crippen molar-refractivity contribution in [1.82, 2.24) is 10.2 Å².